The summed E-state index contributed by atoms with van der Waals surface area (Å²) in [5.74, 6) is -0.309. The van der Waals surface area contributed by atoms with Gasteiger partial charge in [0, 0.05) is 24.5 Å². The molecule has 1 aromatic heterocycles. The Morgan fingerprint density at radius 2 is 1.56 bits per heavy atom. The smallest absolute Gasteiger partial charge is 0.295 e. The molecule has 1 amide bonds. The second-order valence-corrected chi connectivity index (χ2v) is 10.0. The molecule has 2 heterocycles. The Hall–Kier alpha value is -4.91. The van der Waals surface area contributed by atoms with Crippen molar-refractivity contribution in [1.29, 1.82) is 0 Å². The van der Waals surface area contributed by atoms with Crippen molar-refractivity contribution >= 4 is 17.4 Å². The Balaban J connectivity index is 1.46. The van der Waals surface area contributed by atoms with Crippen LogP contribution in [0.4, 0.5) is 0 Å². The van der Waals surface area contributed by atoms with Gasteiger partial charge in [0.05, 0.1) is 18.2 Å². The van der Waals surface area contributed by atoms with Gasteiger partial charge in [0.2, 0.25) is 0 Å². The number of Topliss-reactive ketones (excluding diaryl/α,β-unsaturated/α-hetero) is 1. The van der Waals surface area contributed by atoms with Gasteiger partial charge >= 0.3 is 0 Å². The SMILES string of the molecule is CCCOc1ccc(C2/C(=C(\O)c3ccc(OCc4cccc(C)c4)cc3)C(=O)C(=O)N2Cc2ccncc2)cc1. The van der Waals surface area contributed by atoms with E-state index in [0.717, 1.165) is 23.1 Å². The minimum atomic E-state index is -0.777. The lowest BCUT2D eigenvalue weighted by molar-refractivity contribution is -0.140. The minimum Gasteiger partial charge on any atom is -0.507 e. The quantitative estimate of drug-likeness (QED) is 0.141. The molecule has 0 spiro atoms. The third-order valence-electron chi connectivity index (χ3n) is 6.93. The Morgan fingerprint density at radius 3 is 2.24 bits per heavy atom. The number of pyridine rings is 1. The minimum absolute atomic E-state index is 0.0414. The van der Waals surface area contributed by atoms with E-state index in [1.54, 1.807) is 48.8 Å². The van der Waals surface area contributed by atoms with Crippen molar-refractivity contribution in [2.75, 3.05) is 6.61 Å². The van der Waals surface area contributed by atoms with Gasteiger partial charge in [-0.3, -0.25) is 14.6 Å². The summed E-state index contributed by atoms with van der Waals surface area (Å²) < 4.78 is 11.6. The van der Waals surface area contributed by atoms with E-state index in [-0.39, 0.29) is 17.9 Å². The number of benzene rings is 3. The molecule has 41 heavy (non-hydrogen) atoms. The summed E-state index contributed by atoms with van der Waals surface area (Å²) in [6.07, 6.45) is 4.16. The highest BCUT2D eigenvalue weighted by Gasteiger charge is 2.46. The molecule has 1 atom stereocenters. The number of carbonyl (C=O) groups is 2. The van der Waals surface area contributed by atoms with Crippen molar-refractivity contribution < 1.29 is 24.2 Å². The second kappa shape index (κ2) is 12.5. The van der Waals surface area contributed by atoms with Crippen molar-refractivity contribution in [3.63, 3.8) is 0 Å². The topological polar surface area (TPSA) is 89.0 Å². The van der Waals surface area contributed by atoms with Crippen LogP contribution in [0.5, 0.6) is 11.5 Å². The van der Waals surface area contributed by atoms with Gasteiger partial charge in [-0.05, 0) is 78.6 Å². The maximum Gasteiger partial charge on any atom is 0.295 e. The molecule has 0 aliphatic carbocycles. The van der Waals surface area contributed by atoms with Crippen molar-refractivity contribution in [3.8, 4) is 11.5 Å². The molecule has 1 aliphatic rings. The van der Waals surface area contributed by atoms with Crippen LogP contribution < -0.4 is 9.47 Å². The first kappa shape index (κ1) is 27.6. The van der Waals surface area contributed by atoms with E-state index in [2.05, 4.69) is 11.1 Å². The highest BCUT2D eigenvalue weighted by atomic mass is 16.5. The normalized spacial score (nSPS) is 16.1. The number of amides is 1. The third kappa shape index (κ3) is 6.30. The van der Waals surface area contributed by atoms with Crippen LogP contribution in [0.2, 0.25) is 0 Å². The summed E-state index contributed by atoms with van der Waals surface area (Å²) in [4.78, 5) is 32.2. The zero-order valence-corrected chi connectivity index (χ0v) is 23.1. The number of hydrogen-bond donors (Lipinski definition) is 1. The molecule has 1 N–H and O–H groups in total. The maximum absolute atomic E-state index is 13.4. The van der Waals surface area contributed by atoms with Gasteiger partial charge < -0.3 is 19.5 Å². The van der Waals surface area contributed by atoms with Crippen molar-refractivity contribution in [3.05, 3.63) is 131 Å². The average Bonchev–Trinajstić information content (AvgIpc) is 3.24. The molecule has 0 bridgehead atoms. The predicted molar refractivity (Wildman–Crippen MR) is 156 cm³/mol. The molecule has 7 nitrogen and oxygen atoms in total. The van der Waals surface area contributed by atoms with Crippen molar-refractivity contribution in [1.82, 2.24) is 9.88 Å². The summed E-state index contributed by atoms with van der Waals surface area (Å²) in [5.41, 5.74) is 4.19. The van der Waals surface area contributed by atoms with Crippen molar-refractivity contribution in [2.24, 2.45) is 0 Å². The van der Waals surface area contributed by atoms with Crippen LogP contribution in [0.15, 0.2) is 103 Å². The summed E-state index contributed by atoms with van der Waals surface area (Å²) in [6.45, 7) is 5.25. The first-order valence-electron chi connectivity index (χ1n) is 13.6. The fourth-order valence-electron chi connectivity index (χ4n) is 4.87. The molecule has 0 radical (unpaired) electrons. The maximum atomic E-state index is 13.4. The standard InChI is InChI=1S/C34H32N2O5/c1-3-19-40-28-11-7-26(8-12-28)31-30(33(38)34(39)36(31)21-24-15-17-35-18-16-24)32(37)27-9-13-29(14-10-27)41-22-25-6-4-5-23(2)20-25/h4-18,20,31,37H,3,19,21-22H2,1-2H3/b32-30+. The van der Waals surface area contributed by atoms with E-state index in [4.69, 9.17) is 9.47 Å². The highest BCUT2D eigenvalue weighted by Crippen LogP contribution is 2.40. The van der Waals surface area contributed by atoms with Gasteiger partial charge in [-0.1, -0.05) is 48.9 Å². The zero-order valence-electron chi connectivity index (χ0n) is 23.1. The van der Waals surface area contributed by atoms with Crippen LogP contribution in [0.1, 0.15) is 47.2 Å². The van der Waals surface area contributed by atoms with E-state index < -0.39 is 17.7 Å². The fraction of sp³-hybridized carbons (Fsp3) is 0.206. The molecular weight excluding hydrogens is 516 g/mol. The molecule has 208 valence electrons. The number of aromatic nitrogens is 1. The molecule has 0 saturated carbocycles. The number of carbonyl (C=O) groups excluding carboxylic acids is 2. The van der Waals surface area contributed by atoms with Gasteiger partial charge in [-0.25, -0.2) is 0 Å². The Kier molecular flexibility index (Phi) is 8.44. The molecule has 3 aromatic carbocycles. The van der Waals surface area contributed by atoms with Crippen LogP contribution in [-0.2, 0) is 22.7 Å². The van der Waals surface area contributed by atoms with Gasteiger partial charge in [-0.2, -0.15) is 0 Å². The number of aryl methyl sites for hydroxylation is 1. The number of hydrogen-bond acceptors (Lipinski definition) is 6. The lowest BCUT2D eigenvalue weighted by atomic mass is 9.95. The Morgan fingerprint density at radius 1 is 0.878 bits per heavy atom. The summed E-state index contributed by atoms with van der Waals surface area (Å²) in [7, 11) is 0. The molecule has 1 unspecified atom stereocenters. The molecule has 1 saturated heterocycles. The number of aliphatic hydroxyl groups excluding tert-OH is 1. The molecular formula is C34H32N2O5. The number of likely N-dealkylation sites (tertiary alicyclic amines) is 1. The van der Waals surface area contributed by atoms with E-state index in [0.29, 0.717) is 35.8 Å². The molecule has 7 heteroatoms. The van der Waals surface area contributed by atoms with Crippen LogP contribution in [0, 0.1) is 6.92 Å². The highest BCUT2D eigenvalue weighted by molar-refractivity contribution is 6.46. The number of ether oxygens (including phenoxy) is 2. The first-order valence-corrected chi connectivity index (χ1v) is 13.6. The van der Waals surface area contributed by atoms with E-state index >= 15 is 0 Å². The largest absolute Gasteiger partial charge is 0.507 e. The third-order valence-corrected chi connectivity index (χ3v) is 6.93. The number of nitrogens with zero attached hydrogens (tertiary/aromatic N) is 2. The lowest BCUT2D eigenvalue weighted by Gasteiger charge is -2.25. The fourth-order valence-corrected chi connectivity index (χ4v) is 4.87. The summed E-state index contributed by atoms with van der Waals surface area (Å²) in [6, 6.07) is 25.1. The Labute approximate surface area is 239 Å². The summed E-state index contributed by atoms with van der Waals surface area (Å²) >= 11 is 0. The second-order valence-electron chi connectivity index (χ2n) is 10.0. The van der Waals surface area contributed by atoms with Crippen LogP contribution in [0.25, 0.3) is 5.76 Å². The monoisotopic (exact) mass is 548 g/mol. The average molecular weight is 549 g/mol. The van der Waals surface area contributed by atoms with Crippen LogP contribution in [-0.4, -0.2) is 33.3 Å². The van der Waals surface area contributed by atoms with Crippen LogP contribution >= 0.6 is 0 Å². The first-order chi connectivity index (χ1) is 19.9. The zero-order chi connectivity index (χ0) is 28.8. The predicted octanol–water partition coefficient (Wildman–Crippen LogP) is 6.38. The molecule has 5 rings (SSSR count). The number of rotatable bonds is 10. The van der Waals surface area contributed by atoms with Gasteiger partial charge in [0.15, 0.2) is 0 Å². The number of ketones is 1. The molecule has 1 fully saturated rings. The summed E-state index contributed by atoms with van der Waals surface area (Å²) in [5, 5.41) is 11.4. The van der Waals surface area contributed by atoms with Gasteiger partial charge in [-0.15, -0.1) is 0 Å². The lowest BCUT2D eigenvalue weighted by Crippen LogP contribution is -2.29. The molecule has 4 aromatic rings. The van der Waals surface area contributed by atoms with Crippen molar-refractivity contribution in [2.45, 2.75) is 39.5 Å². The van der Waals surface area contributed by atoms with E-state index in [1.807, 2.05) is 56.3 Å². The Bertz CT molecular complexity index is 1550. The molecule has 1 aliphatic heterocycles. The van der Waals surface area contributed by atoms with Gasteiger partial charge in [0.1, 0.15) is 23.9 Å². The van der Waals surface area contributed by atoms with Crippen LogP contribution in [0.3, 0.4) is 0 Å². The van der Waals surface area contributed by atoms with E-state index in [1.165, 1.54) is 4.90 Å². The van der Waals surface area contributed by atoms with Gasteiger partial charge in [0.25, 0.3) is 11.7 Å². The van der Waals surface area contributed by atoms with E-state index in [9.17, 15) is 14.7 Å². The number of aliphatic hydroxyl groups is 1.